The first-order chi connectivity index (χ1) is 69.3. The molecule has 752 valence electrons. The fourth-order valence-electron chi connectivity index (χ4n) is 15.6. The molecule has 0 radical (unpaired) electrons. The number of fused-ring (bicyclic) bond motifs is 12. The highest BCUT2D eigenvalue weighted by Gasteiger charge is 2.14. The summed E-state index contributed by atoms with van der Waals surface area (Å²) in [5.74, 6) is 6.99. The van der Waals surface area contributed by atoms with Crippen LogP contribution in [0, 0.1) is 0 Å². The number of rotatable bonds is 12. The standard InChI is InChI=1S/C12H14.4C11H12O.3C10H11NO.4C10H11NS.CH4/c1-9(2)11-7-6-10-4-3-5-12(10)8-11;2*1-8(2)9-3-4-11-10(7-9)5-6-12-11;2*1-8(2)10-4-3-9-5-6-12-11(9)7-10;1-7(2)8-3-4-10-9(5-8)11-6-12-10;2*1-7(2)8-3-4-9-10(5-8)12-6-11-9;2*1-7(2)8-3-4-10-9(5-8)11-6-12-10;2*1-7(2)8-3-4-9-10(5-8)12-6-11-9;/h3,5-9H,4H2,1-2H3;4*3-8H,1-2H3;7*3-7H,1-2H3;1H4. The highest BCUT2D eigenvalue weighted by atomic mass is 32.1. The Labute approximate surface area is 872 Å². The first kappa shape index (κ1) is 110. The maximum absolute atomic E-state index is 5.31. The van der Waals surface area contributed by atoms with Crippen molar-refractivity contribution in [2.45, 2.75) is 251 Å². The zero-order valence-electron chi connectivity index (χ0n) is 87.9. The molecule has 11 aromatic heterocycles. The topological polar surface area (TPSA) is 182 Å². The summed E-state index contributed by atoms with van der Waals surface area (Å²) >= 11 is 6.81. The maximum Gasteiger partial charge on any atom is 0.181 e. The van der Waals surface area contributed by atoms with E-state index in [1.54, 1.807) is 70.4 Å². The van der Waals surface area contributed by atoms with Crippen molar-refractivity contribution in [3.8, 4) is 0 Å². The van der Waals surface area contributed by atoms with Crippen molar-refractivity contribution < 1.29 is 30.9 Å². The summed E-state index contributed by atoms with van der Waals surface area (Å²) in [4.78, 5) is 29.2. The third kappa shape index (κ3) is 31.3. The zero-order chi connectivity index (χ0) is 103. The number of allylic oxidation sites excluding steroid dienone is 1. The molecule has 0 atom stereocenters. The van der Waals surface area contributed by atoms with Gasteiger partial charge in [-0.2, -0.15) is 0 Å². The second-order valence-corrected chi connectivity index (χ2v) is 43.4. The second kappa shape index (κ2) is 53.4. The molecule has 23 aromatic rings. The molecule has 0 saturated heterocycles. The Bertz CT molecular complexity index is 6430. The van der Waals surface area contributed by atoms with Crippen molar-refractivity contribution in [1.29, 1.82) is 0 Å². The largest absolute Gasteiger partial charge is 0.464 e. The molecule has 1 aliphatic rings. The average molecular weight is 2010 g/mol. The number of hydrogen-bond acceptors (Lipinski definition) is 18. The van der Waals surface area contributed by atoms with Crippen LogP contribution in [-0.2, 0) is 6.42 Å². The minimum Gasteiger partial charge on any atom is -0.464 e. The molecule has 1 aliphatic carbocycles. The predicted molar refractivity (Wildman–Crippen MR) is 620 cm³/mol. The Morgan fingerprint density at radius 2 is 0.469 bits per heavy atom. The molecule has 18 heteroatoms. The maximum atomic E-state index is 5.31. The molecule has 0 spiro atoms. The van der Waals surface area contributed by atoms with Crippen LogP contribution in [0.25, 0.3) is 124 Å². The first-order valence-electron chi connectivity index (χ1n) is 50.3. The van der Waals surface area contributed by atoms with E-state index >= 15 is 0 Å². The Balaban J connectivity index is 0.000000141. The number of aromatic nitrogens is 7. The highest BCUT2D eigenvalue weighted by Crippen LogP contribution is 2.34. The van der Waals surface area contributed by atoms with Crippen LogP contribution in [0.15, 0.2) is 346 Å². The van der Waals surface area contributed by atoms with Crippen molar-refractivity contribution in [1.82, 2.24) is 34.9 Å². The smallest absolute Gasteiger partial charge is 0.181 e. The van der Waals surface area contributed by atoms with Crippen LogP contribution in [-0.4, -0.2) is 34.9 Å². The van der Waals surface area contributed by atoms with Gasteiger partial charge in [-0.25, -0.2) is 34.9 Å². The van der Waals surface area contributed by atoms with Gasteiger partial charge in [-0.1, -0.05) is 283 Å². The Hall–Kier alpha value is -13.5. The van der Waals surface area contributed by atoms with E-state index < -0.39 is 0 Å². The van der Waals surface area contributed by atoms with Gasteiger partial charge in [0, 0.05) is 21.5 Å². The molecule has 0 fully saturated rings. The van der Waals surface area contributed by atoms with Gasteiger partial charge >= 0.3 is 0 Å². The molecule has 24 rings (SSSR count). The van der Waals surface area contributed by atoms with Crippen LogP contribution in [0.5, 0.6) is 0 Å². The minimum atomic E-state index is 0. The van der Waals surface area contributed by atoms with Gasteiger partial charge in [0.2, 0.25) is 0 Å². The van der Waals surface area contributed by atoms with Crippen molar-refractivity contribution in [2.75, 3.05) is 0 Å². The molecule has 0 bridgehead atoms. The molecule has 145 heavy (non-hydrogen) atoms. The summed E-state index contributed by atoms with van der Waals surface area (Å²) in [7, 11) is 0. The molecular formula is C127H143N7O7S4. The lowest BCUT2D eigenvalue weighted by Gasteiger charge is -2.07. The van der Waals surface area contributed by atoms with Crippen LogP contribution < -0.4 is 0 Å². The van der Waals surface area contributed by atoms with Gasteiger partial charge < -0.3 is 30.9 Å². The summed E-state index contributed by atoms with van der Waals surface area (Å²) in [6, 6.07) is 84.6. The first-order valence-corrected chi connectivity index (χ1v) is 53.8. The van der Waals surface area contributed by atoms with Crippen molar-refractivity contribution in [3.05, 3.63) is 393 Å². The van der Waals surface area contributed by atoms with Crippen LogP contribution in [0.4, 0.5) is 0 Å². The Morgan fingerprint density at radius 1 is 0.200 bits per heavy atom. The van der Waals surface area contributed by atoms with Crippen LogP contribution in [0.2, 0.25) is 0 Å². The van der Waals surface area contributed by atoms with E-state index in [0.717, 1.165) is 84.1 Å². The van der Waals surface area contributed by atoms with Crippen LogP contribution >= 0.6 is 45.3 Å². The third-order valence-corrected chi connectivity index (χ3v) is 28.4. The summed E-state index contributed by atoms with van der Waals surface area (Å²) in [6.45, 7) is 52.6. The van der Waals surface area contributed by atoms with E-state index in [1.807, 2.05) is 88.8 Å². The second-order valence-electron chi connectivity index (χ2n) is 39.8. The fraction of sp³-hybridized carbons (Fsp3) is 0.299. The molecule has 11 heterocycles. The number of hydrogen-bond donors (Lipinski definition) is 0. The SMILES string of the molecule is C.CC(C)c1ccc2c(c1)C=CC2.CC(C)c1ccc2ccoc2c1.CC(C)c1ccc2ccoc2c1.CC(C)c1ccc2ncoc2c1.CC(C)c1ccc2ncoc2c1.CC(C)c1ccc2ncsc2c1.CC(C)c1ccc2ncsc2c1.CC(C)c1ccc2occc2c1.CC(C)c1ccc2occc2c1.CC(C)c1ccc2ocnc2c1.CC(C)c1ccc2scnc2c1.CC(C)c1ccc2scnc2c1. The lowest BCUT2D eigenvalue weighted by molar-refractivity contribution is 0.601. The normalized spacial score (nSPS) is 11.4. The predicted octanol–water partition coefficient (Wildman–Crippen LogP) is 40.8. The van der Waals surface area contributed by atoms with E-state index in [2.05, 4.69) is 389 Å². The molecule has 0 N–H and O–H groups in total. The lowest BCUT2D eigenvalue weighted by Crippen LogP contribution is -1.89. The van der Waals surface area contributed by atoms with E-state index in [4.69, 9.17) is 30.9 Å². The van der Waals surface area contributed by atoms with Crippen LogP contribution in [0.3, 0.4) is 0 Å². The lowest BCUT2D eigenvalue weighted by atomic mass is 9.99. The zero-order valence-corrected chi connectivity index (χ0v) is 91.1. The van der Waals surface area contributed by atoms with Gasteiger partial charge in [0.25, 0.3) is 0 Å². The molecule has 0 aliphatic heterocycles. The summed E-state index contributed by atoms with van der Waals surface area (Å²) in [6.07, 6.45) is 16.9. The third-order valence-electron chi connectivity index (χ3n) is 25.2. The van der Waals surface area contributed by atoms with E-state index in [0.29, 0.717) is 71.0 Å². The quantitative estimate of drug-likeness (QED) is 0.113. The number of nitrogens with zero attached hydrogens (tertiary/aromatic N) is 7. The molecule has 0 saturated carbocycles. The molecule has 14 nitrogen and oxygen atoms in total. The number of furan rings is 4. The fourth-order valence-corrected chi connectivity index (χ4v) is 18.4. The van der Waals surface area contributed by atoms with Gasteiger partial charge in [-0.05, 0) is 301 Å². The Kier molecular flexibility index (Phi) is 40.6. The van der Waals surface area contributed by atoms with Gasteiger partial charge in [0.1, 0.15) is 38.9 Å². The minimum absolute atomic E-state index is 0. The average Bonchev–Trinajstić information content (AvgIpc) is 1.80. The molecule has 0 unspecified atom stereocenters. The van der Waals surface area contributed by atoms with Gasteiger partial charge in [0.15, 0.2) is 35.9 Å². The van der Waals surface area contributed by atoms with Crippen molar-refractivity contribution in [2.24, 2.45) is 0 Å². The van der Waals surface area contributed by atoms with E-state index in [1.165, 1.54) is 137 Å². The van der Waals surface area contributed by atoms with Crippen molar-refractivity contribution in [3.63, 3.8) is 0 Å². The van der Waals surface area contributed by atoms with E-state index in [9.17, 15) is 0 Å². The Morgan fingerprint density at radius 3 is 0.855 bits per heavy atom. The van der Waals surface area contributed by atoms with Gasteiger partial charge in [-0.15, -0.1) is 45.3 Å². The van der Waals surface area contributed by atoms with Crippen molar-refractivity contribution >= 4 is 169 Å². The molecule has 12 aromatic carbocycles. The number of benzene rings is 12. The molecular weight excluding hydrogens is 1860 g/mol. The summed E-state index contributed by atoms with van der Waals surface area (Å²) in [5, 5.41) is 4.75. The molecule has 0 amide bonds. The number of thiazole rings is 4. The highest BCUT2D eigenvalue weighted by molar-refractivity contribution is 7.17. The van der Waals surface area contributed by atoms with E-state index in [-0.39, 0.29) is 7.43 Å². The summed E-state index contributed by atoms with van der Waals surface area (Å²) < 4.78 is 41.8. The number of oxazole rings is 3. The van der Waals surface area contributed by atoms with Crippen LogP contribution in [0.1, 0.15) is 322 Å². The summed E-state index contributed by atoms with van der Waals surface area (Å²) in [5.41, 5.74) is 40.6. The van der Waals surface area contributed by atoms with Gasteiger partial charge in [0.05, 0.1) is 88.0 Å². The van der Waals surface area contributed by atoms with Gasteiger partial charge in [-0.3, -0.25) is 0 Å². The monoisotopic (exact) mass is 2010 g/mol.